The highest BCUT2D eigenvalue weighted by Gasteiger charge is 2.27. The van der Waals surface area contributed by atoms with Crippen molar-refractivity contribution in [3.8, 4) is 0 Å². The molecule has 0 bridgehead atoms. The Morgan fingerprint density at radius 1 is 1.03 bits per heavy atom. The van der Waals surface area contributed by atoms with Crippen LogP contribution < -0.4 is 10.0 Å². The van der Waals surface area contributed by atoms with Gasteiger partial charge in [0, 0.05) is 10.4 Å². The lowest BCUT2D eigenvalue weighted by atomic mass is 9.95. The van der Waals surface area contributed by atoms with Crippen molar-refractivity contribution in [3.63, 3.8) is 0 Å². The van der Waals surface area contributed by atoms with Crippen molar-refractivity contribution in [2.75, 3.05) is 17.1 Å². The van der Waals surface area contributed by atoms with Crippen molar-refractivity contribution >= 4 is 43.9 Å². The molecule has 0 radical (unpaired) electrons. The summed E-state index contributed by atoms with van der Waals surface area (Å²) >= 11 is 1.42. The van der Waals surface area contributed by atoms with Crippen LogP contribution in [0.25, 0.3) is 0 Å². The number of esters is 1. The quantitative estimate of drug-likeness (QED) is 0.491. The first-order valence-corrected chi connectivity index (χ1v) is 12.8. The van der Waals surface area contributed by atoms with Gasteiger partial charge in [-0.1, -0.05) is 18.2 Å². The molecule has 0 saturated heterocycles. The standard InChI is InChI=1S/C24H24N2O5S2/c1-15-14-16(12-13-19(15)26-33(29,30)17-8-4-3-5-9-17)22(27)25-23-21(24(28)31-2)18-10-6-7-11-20(18)32-23/h3-5,8-9,12-14,26H,6-7,10-11H2,1-2H3,(H,25,27). The van der Waals surface area contributed by atoms with Crippen LogP contribution in [0, 0.1) is 6.92 Å². The lowest BCUT2D eigenvalue weighted by molar-refractivity contribution is 0.0601. The van der Waals surface area contributed by atoms with Gasteiger partial charge in [0.05, 0.1) is 23.3 Å². The largest absolute Gasteiger partial charge is 0.465 e. The summed E-state index contributed by atoms with van der Waals surface area (Å²) in [6.45, 7) is 1.73. The number of amides is 1. The summed E-state index contributed by atoms with van der Waals surface area (Å²) in [6, 6.07) is 12.8. The first-order chi connectivity index (χ1) is 15.8. The molecule has 9 heteroatoms. The van der Waals surface area contributed by atoms with Crippen LogP contribution in [0.15, 0.2) is 53.4 Å². The molecule has 0 spiro atoms. The summed E-state index contributed by atoms with van der Waals surface area (Å²) in [5.74, 6) is -0.828. The molecule has 1 heterocycles. The van der Waals surface area contributed by atoms with Crippen molar-refractivity contribution in [1.29, 1.82) is 0 Å². The van der Waals surface area contributed by atoms with E-state index < -0.39 is 16.0 Å². The molecule has 0 saturated carbocycles. The summed E-state index contributed by atoms with van der Waals surface area (Å²) in [4.78, 5) is 26.6. The summed E-state index contributed by atoms with van der Waals surface area (Å²) in [5.41, 5.74) is 2.75. The zero-order chi connectivity index (χ0) is 23.6. The fourth-order valence-electron chi connectivity index (χ4n) is 3.87. The Hall–Kier alpha value is -3.17. The number of aryl methyl sites for hydroxylation is 2. The molecule has 1 amide bonds. The monoisotopic (exact) mass is 484 g/mol. The van der Waals surface area contributed by atoms with Crippen LogP contribution in [0.3, 0.4) is 0 Å². The van der Waals surface area contributed by atoms with Crippen LogP contribution in [-0.4, -0.2) is 27.4 Å². The summed E-state index contributed by atoms with van der Waals surface area (Å²) in [6.07, 6.45) is 3.73. The summed E-state index contributed by atoms with van der Waals surface area (Å²) in [7, 11) is -2.41. The highest BCUT2D eigenvalue weighted by molar-refractivity contribution is 7.92. The van der Waals surface area contributed by atoms with Crippen LogP contribution in [0.2, 0.25) is 0 Å². The van der Waals surface area contributed by atoms with Crippen molar-refractivity contribution < 1.29 is 22.7 Å². The SMILES string of the molecule is COC(=O)c1c(NC(=O)c2ccc(NS(=O)(=O)c3ccccc3)c(C)c2)sc2c1CCCC2. The van der Waals surface area contributed by atoms with Gasteiger partial charge in [0.15, 0.2) is 0 Å². The van der Waals surface area contributed by atoms with Crippen LogP contribution >= 0.6 is 11.3 Å². The van der Waals surface area contributed by atoms with E-state index in [1.165, 1.54) is 30.6 Å². The first kappa shape index (κ1) is 23.0. The molecule has 0 fully saturated rings. The van der Waals surface area contributed by atoms with Crippen molar-refractivity contribution in [2.24, 2.45) is 0 Å². The van der Waals surface area contributed by atoms with Crippen molar-refractivity contribution in [2.45, 2.75) is 37.5 Å². The second-order valence-electron chi connectivity index (χ2n) is 7.81. The van der Waals surface area contributed by atoms with Crippen LogP contribution in [0.1, 0.15) is 49.6 Å². The Kier molecular flexibility index (Phi) is 6.53. The van der Waals surface area contributed by atoms with E-state index in [9.17, 15) is 18.0 Å². The zero-order valence-electron chi connectivity index (χ0n) is 18.3. The molecule has 4 rings (SSSR count). The van der Waals surface area contributed by atoms with Crippen molar-refractivity contribution in [1.82, 2.24) is 0 Å². The van der Waals surface area contributed by atoms with E-state index in [2.05, 4.69) is 10.0 Å². The zero-order valence-corrected chi connectivity index (χ0v) is 19.9. The number of carbonyl (C=O) groups excluding carboxylic acids is 2. The van der Waals surface area contributed by atoms with Crippen LogP contribution in [-0.2, 0) is 27.6 Å². The predicted octanol–water partition coefficient (Wildman–Crippen LogP) is 4.78. The molecule has 172 valence electrons. The minimum Gasteiger partial charge on any atom is -0.465 e. The molecule has 0 aliphatic heterocycles. The number of nitrogens with one attached hydrogen (secondary N) is 2. The van der Waals surface area contributed by atoms with E-state index in [4.69, 9.17) is 4.74 Å². The number of thiophene rings is 1. The van der Waals surface area contributed by atoms with Gasteiger partial charge < -0.3 is 10.1 Å². The Morgan fingerprint density at radius 2 is 1.76 bits per heavy atom. The van der Waals surface area contributed by atoms with Gasteiger partial charge >= 0.3 is 5.97 Å². The van der Waals surface area contributed by atoms with Gasteiger partial charge in [-0.05, 0) is 74.1 Å². The highest BCUT2D eigenvalue weighted by atomic mass is 32.2. The maximum absolute atomic E-state index is 13.0. The third-order valence-electron chi connectivity index (χ3n) is 5.57. The smallest absolute Gasteiger partial charge is 0.341 e. The van der Waals surface area contributed by atoms with Crippen LogP contribution in [0.4, 0.5) is 10.7 Å². The third-order valence-corrected chi connectivity index (χ3v) is 8.16. The molecule has 3 aromatic rings. The van der Waals surface area contributed by atoms with Gasteiger partial charge in [0.25, 0.3) is 15.9 Å². The fraction of sp³-hybridized carbons (Fsp3) is 0.250. The Morgan fingerprint density at radius 3 is 2.45 bits per heavy atom. The lowest BCUT2D eigenvalue weighted by Crippen LogP contribution is -2.16. The predicted molar refractivity (Wildman–Crippen MR) is 129 cm³/mol. The lowest BCUT2D eigenvalue weighted by Gasteiger charge is -2.13. The van der Waals surface area contributed by atoms with Gasteiger partial charge in [0.2, 0.25) is 0 Å². The summed E-state index contributed by atoms with van der Waals surface area (Å²) in [5, 5.41) is 3.35. The Labute approximate surface area is 196 Å². The Balaban J connectivity index is 1.56. The van der Waals surface area contributed by atoms with E-state index in [0.717, 1.165) is 36.1 Å². The molecule has 1 aliphatic rings. The number of ether oxygens (including phenoxy) is 1. The number of rotatable bonds is 6. The van der Waals surface area contributed by atoms with Gasteiger partial charge in [-0.3, -0.25) is 9.52 Å². The van der Waals surface area contributed by atoms with E-state index in [1.807, 2.05) is 0 Å². The second kappa shape index (κ2) is 9.36. The Bertz CT molecular complexity index is 1310. The third kappa shape index (κ3) is 4.79. The number of hydrogen-bond donors (Lipinski definition) is 2. The molecular formula is C24H24N2O5S2. The number of fused-ring (bicyclic) bond motifs is 1. The van der Waals surface area contributed by atoms with Gasteiger partial charge in [-0.15, -0.1) is 11.3 Å². The molecule has 2 aromatic carbocycles. The highest BCUT2D eigenvalue weighted by Crippen LogP contribution is 2.38. The molecule has 0 unspecified atom stereocenters. The van der Waals surface area contributed by atoms with Gasteiger partial charge in [-0.2, -0.15) is 0 Å². The number of sulfonamides is 1. The van der Waals surface area contributed by atoms with E-state index >= 15 is 0 Å². The fourth-order valence-corrected chi connectivity index (χ4v) is 6.29. The molecule has 1 aromatic heterocycles. The topological polar surface area (TPSA) is 102 Å². The number of hydrogen-bond acceptors (Lipinski definition) is 6. The number of anilines is 2. The number of benzene rings is 2. The van der Waals surface area contributed by atoms with Crippen molar-refractivity contribution in [3.05, 3.63) is 75.7 Å². The number of methoxy groups -OCH3 is 1. The second-order valence-corrected chi connectivity index (χ2v) is 10.6. The maximum atomic E-state index is 13.0. The molecule has 1 aliphatic carbocycles. The van der Waals surface area contributed by atoms with E-state index in [-0.39, 0.29) is 10.8 Å². The average molecular weight is 485 g/mol. The first-order valence-electron chi connectivity index (χ1n) is 10.5. The minimum absolute atomic E-state index is 0.156. The van der Waals surface area contributed by atoms with E-state index in [1.54, 1.807) is 43.3 Å². The molecule has 2 N–H and O–H groups in total. The maximum Gasteiger partial charge on any atom is 0.341 e. The summed E-state index contributed by atoms with van der Waals surface area (Å²) < 4.78 is 32.7. The molecule has 0 atom stereocenters. The van der Waals surface area contributed by atoms with E-state index in [0.29, 0.717) is 27.4 Å². The average Bonchev–Trinajstić information content (AvgIpc) is 3.18. The van der Waals surface area contributed by atoms with Gasteiger partial charge in [0.1, 0.15) is 5.00 Å². The normalized spacial score (nSPS) is 13.2. The van der Waals surface area contributed by atoms with Crippen LogP contribution in [0.5, 0.6) is 0 Å². The van der Waals surface area contributed by atoms with Gasteiger partial charge in [-0.25, -0.2) is 13.2 Å². The molecule has 7 nitrogen and oxygen atoms in total. The molecular weight excluding hydrogens is 460 g/mol. The molecule has 33 heavy (non-hydrogen) atoms. The number of carbonyl (C=O) groups is 2. The minimum atomic E-state index is -3.74.